The van der Waals surface area contributed by atoms with E-state index in [9.17, 15) is 14.4 Å². The summed E-state index contributed by atoms with van der Waals surface area (Å²) in [6.45, 7) is 4.57. The number of carbonyl (C=O) groups excluding carboxylic acids is 3. The zero-order chi connectivity index (χ0) is 21.7. The van der Waals surface area contributed by atoms with Gasteiger partial charge < -0.3 is 5.32 Å². The smallest absolute Gasteiger partial charge is 0.250 e. The average molecular weight is 436 g/mol. The molecule has 3 amide bonds. The van der Waals surface area contributed by atoms with E-state index in [0.29, 0.717) is 22.9 Å². The van der Waals surface area contributed by atoms with E-state index < -0.39 is 17.4 Å². The van der Waals surface area contributed by atoms with Crippen LogP contribution in [0.25, 0.3) is 0 Å². The van der Waals surface area contributed by atoms with Crippen LogP contribution < -0.4 is 10.2 Å². The summed E-state index contributed by atoms with van der Waals surface area (Å²) in [5.74, 6) is -2.04. The zero-order valence-electron chi connectivity index (χ0n) is 17.3. The highest BCUT2D eigenvalue weighted by atomic mass is 35.5. The maximum absolute atomic E-state index is 13.9. The molecule has 6 nitrogen and oxygen atoms in total. The summed E-state index contributed by atoms with van der Waals surface area (Å²) >= 11 is 6.50. The second-order valence-corrected chi connectivity index (χ2v) is 9.55. The number of benzene rings is 2. The first-order chi connectivity index (χ1) is 14.9. The van der Waals surface area contributed by atoms with Crippen molar-refractivity contribution in [2.24, 2.45) is 11.8 Å². The lowest BCUT2D eigenvalue weighted by Crippen LogP contribution is -2.54. The van der Waals surface area contributed by atoms with Crippen LogP contribution in [0.4, 0.5) is 11.4 Å². The number of nitrogens with zero attached hydrogens (tertiary/aromatic N) is 2. The van der Waals surface area contributed by atoms with Crippen LogP contribution in [-0.4, -0.2) is 35.2 Å². The Labute approximate surface area is 185 Å². The molecular weight excluding hydrogens is 414 g/mol. The summed E-state index contributed by atoms with van der Waals surface area (Å²) in [5, 5.41) is 3.42. The van der Waals surface area contributed by atoms with E-state index in [-0.39, 0.29) is 23.8 Å². The Morgan fingerprint density at radius 2 is 1.77 bits per heavy atom. The summed E-state index contributed by atoms with van der Waals surface area (Å²) in [4.78, 5) is 44.6. The van der Waals surface area contributed by atoms with Gasteiger partial charge in [-0.2, -0.15) is 0 Å². The molecule has 4 atom stereocenters. The Balaban J connectivity index is 1.57. The number of aryl methyl sites for hydroxylation is 2. The molecule has 2 aromatic rings. The van der Waals surface area contributed by atoms with Crippen molar-refractivity contribution < 1.29 is 14.4 Å². The fourth-order valence-corrected chi connectivity index (χ4v) is 6.66. The van der Waals surface area contributed by atoms with Crippen molar-refractivity contribution in [3.8, 4) is 0 Å². The molecule has 4 heterocycles. The number of anilines is 2. The normalized spacial score (nSPS) is 31.4. The second kappa shape index (κ2) is 6.17. The van der Waals surface area contributed by atoms with Gasteiger partial charge >= 0.3 is 0 Å². The van der Waals surface area contributed by atoms with Crippen molar-refractivity contribution in [2.75, 3.05) is 16.8 Å². The van der Waals surface area contributed by atoms with Crippen LogP contribution in [0, 0.1) is 25.7 Å². The minimum absolute atomic E-state index is 0.132. The standard InChI is InChI=1S/C24H22ClN3O3/c1-12-5-7-14(8-6-12)28-21(29)18-17-4-3-9-27(17)24(19(18)22(28)30)15-10-13(2)11-16(25)20(15)26-23(24)31/h5-8,10-11,17-19H,3-4,9H2,1-2H3,(H,26,31)/t17-,18+,19-,24+/m0/s1. The van der Waals surface area contributed by atoms with Gasteiger partial charge in [0.05, 0.1) is 28.2 Å². The summed E-state index contributed by atoms with van der Waals surface area (Å²) in [6.07, 6.45) is 1.69. The third kappa shape index (κ3) is 2.19. The van der Waals surface area contributed by atoms with Gasteiger partial charge in [0.1, 0.15) is 5.54 Å². The third-order valence-corrected chi connectivity index (χ3v) is 7.79. The SMILES string of the molecule is Cc1ccc(N2C(=O)[C@H]3[C@@H](C2=O)[C@]2(C(=O)Nc4c(Cl)cc(C)cc42)N2CCC[C@@H]32)cc1. The van der Waals surface area contributed by atoms with Crippen LogP contribution in [-0.2, 0) is 19.9 Å². The average Bonchev–Trinajstić information content (AvgIpc) is 3.42. The van der Waals surface area contributed by atoms with E-state index in [1.165, 1.54) is 4.90 Å². The predicted octanol–water partition coefficient (Wildman–Crippen LogP) is 3.39. The molecule has 0 aliphatic carbocycles. The highest BCUT2D eigenvalue weighted by Crippen LogP contribution is 2.61. The Bertz CT molecular complexity index is 1180. The van der Waals surface area contributed by atoms with Crippen LogP contribution in [0.15, 0.2) is 36.4 Å². The molecule has 6 rings (SSSR count). The van der Waals surface area contributed by atoms with E-state index in [1.807, 2.05) is 38.1 Å². The van der Waals surface area contributed by atoms with Gasteiger partial charge in [-0.3, -0.25) is 19.3 Å². The number of hydrogen-bond donors (Lipinski definition) is 1. The van der Waals surface area contributed by atoms with Crippen molar-refractivity contribution in [3.05, 3.63) is 58.1 Å². The Kier molecular flexibility index (Phi) is 3.79. The Morgan fingerprint density at radius 1 is 1.03 bits per heavy atom. The van der Waals surface area contributed by atoms with Crippen molar-refractivity contribution in [1.82, 2.24) is 4.90 Å². The van der Waals surface area contributed by atoms with Crippen molar-refractivity contribution in [3.63, 3.8) is 0 Å². The van der Waals surface area contributed by atoms with Gasteiger partial charge in [0.25, 0.3) is 5.91 Å². The van der Waals surface area contributed by atoms with E-state index >= 15 is 0 Å². The summed E-state index contributed by atoms with van der Waals surface area (Å²) in [7, 11) is 0. The highest BCUT2D eigenvalue weighted by Gasteiger charge is 2.74. The lowest BCUT2D eigenvalue weighted by atomic mass is 9.75. The molecule has 4 aliphatic rings. The van der Waals surface area contributed by atoms with Crippen LogP contribution in [0.2, 0.25) is 5.02 Å². The first-order valence-electron chi connectivity index (χ1n) is 10.7. The molecular formula is C24H22ClN3O3. The van der Waals surface area contributed by atoms with Crippen molar-refractivity contribution in [1.29, 1.82) is 0 Å². The quantitative estimate of drug-likeness (QED) is 0.697. The number of carbonyl (C=O) groups is 3. The maximum Gasteiger partial charge on any atom is 0.250 e. The fourth-order valence-electron chi connectivity index (χ4n) is 6.34. The first-order valence-corrected chi connectivity index (χ1v) is 11.1. The molecule has 2 aromatic carbocycles. The Hall–Kier alpha value is -2.70. The molecule has 158 valence electrons. The van der Waals surface area contributed by atoms with Gasteiger partial charge in [-0.25, -0.2) is 4.90 Å². The van der Waals surface area contributed by atoms with Crippen LogP contribution in [0.3, 0.4) is 0 Å². The lowest BCUT2D eigenvalue weighted by Gasteiger charge is -2.36. The number of amides is 3. The molecule has 3 saturated heterocycles. The van der Waals surface area contributed by atoms with Crippen LogP contribution in [0.5, 0.6) is 0 Å². The molecule has 0 unspecified atom stereocenters. The van der Waals surface area contributed by atoms with Gasteiger partial charge in [-0.05, 0) is 57.0 Å². The molecule has 3 fully saturated rings. The van der Waals surface area contributed by atoms with Gasteiger partial charge in [0.15, 0.2) is 0 Å². The molecule has 0 bridgehead atoms. The monoisotopic (exact) mass is 435 g/mol. The number of hydrogen-bond acceptors (Lipinski definition) is 4. The number of rotatable bonds is 1. The summed E-state index contributed by atoms with van der Waals surface area (Å²) in [5.41, 5.74) is 2.65. The molecule has 0 aromatic heterocycles. The molecule has 1 N–H and O–H groups in total. The fraction of sp³-hybridized carbons (Fsp3) is 0.375. The molecule has 0 radical (unpaired) electrons. The van der Waals surface area contributed by atoms with Crippen LogP contribution >= 0.6 is 11.6 Å². The second-order valence-electron chi connectivity index (χ2n) is 9.14. The van der Waals surface area contributed by atoms with Gasteiger partial charge in [0, 0.05) is 11.6 Å². The van der Waals surface area contributed by atoms with Gasteiger partial charge in [0.2, 0.25) is 11.8 Å². The topological polar surface area (TPSA) is 69.7 Å². The number of imide groups is 1. The minimum atomic E-state index is -1.19. The van der Waals surface area contributed by atoms with Crippen LogP contribution in [0.1, 0.15) is 29.5 Å². The largest absolute Gasteiger partial charge is 0.323 e. The summed E-state index contributed by atoms with van der Waals surface area (Å²) in [6, 6.07) is 11.0. The van der Waals surface area contributed by atoms with E-state index in [4.69, 9.17) is 11.6 Å². The summed E-state index contributed by atoms with van der Waals surface area (Å²) < 4.78 is 0. The zero-order valence-corrected chi connectivity index (χ0v) is 18.1. The molecule has 7 heteroatoms. The first kappa shape index (κ1) is 19.0. The molecule has 1 spiro atoms. The minimum Gasteiger partial charge on any atom is -0.323 e. The lowest BCUT2D eigenvalue weighted by molar-refractivity contribution is -0.135. The molecule has 4 aliphatic heterocycles. The number of fused-ring (bicyclic) bond motifs is 7. The van der Waals surface area contributed by atoms with E-state index in [0.717, 1.165) is 29.5 Å². The van der Waals surface area contributed by atoms with Gasteiger partial charge in [-0.15, -0.1) is 0 Å². The highest BCUT2D eigenvalue weighted by molar-refractivity contribution is 6.35. The van der Waals surface area contributed by atoms with Crippen molar-refractivity contribution in [2.45, 2.75) is 38.3 Å². The predicted molar refractivity (Wildman–Crippen MR) is 117 cm³/mol. The maximum atomic E-state index is 13.9. The van der Waals surface area contributed by atoms with Gasteiger partial charge in [-0.1, -0.05) is 35.4 Å². The Morgan fingerprint density at radius 3 is 2.52 bits per heavy atom. The van der Waals surface area contributed by atoms with Crippen molar-refractivity contribution >= 4 is 40.7 Å². The molecule has 31 heavy (non-hydrogen) atoms. The van der Waals surface area contributed by atoms with E-state index in [2.05, 4.69) is 10.2 Å². The van der Waals surface area contributed by atoms with E-state index in [1.54, 1.807) is 12.1 Å². The number of halogens is 1. The number of nitrogens with one attached hydrogen (secondary N) is 1. The third-order valence-electron chi connectivity index (χ3n) is 7.49. The molecule has 0 saturated carbocycles.